The Hall–Kier alpha value is -1.65. The second kappa shape index (κ2) is 8.00. The van der Waals surface area contributed by atoms with E-state index in [0.717, 1.165) is 24.8 Å². The van der Waals surface area contributed by atoms with E-state index >= 15 is 0 Å². The number of carbonyl (C=O) groups is 1. The second-order valence-electron chi connectivity index (χ2n) is 9.50. The number of ether oxygens (including phenoxy) is 1. The Kier molecular flexibility index (Phi) is 6.02. The van der Waals surface area contributed by atoms with Crippen LogP contribution in [-0.2, 0) is 9.53 Å². The lowest BCUT2D eigenvalue weighted by molar-refractivity contribution is -0.232. The van der Waals surface area contributed by atoms with Crippen molar-refractivity contribution in [3.05, 3.63) is 42.0 Å². The van der Waals surface area contributed by atoms with Gasteiger partial charge in [0.15, 0.2) is 0 Å². The Labute approximate surface area is 168 Å². The van der Waals surface area contributed by atoms with Gasteiger partial charge in [-0.15, -0.1) is 0 Å². The fourth-order valence-electron chi connectivity index (χ4n) is 5.51. The number of aliphatic hydroxyl groups excluding tert-OH is 1. The van der Waals surface area contributed by atoms with Crippen molar-refractivity contribution in [3.63, 3.8) is 0 Å². The van der Waals surface area contributed by atoms with Crippen molar-refractivity contribution >= 4 is 12.0 Å². The van der Waals surface area contributed by atoms with Crippen LogP contribution >= 0.6 is 0 Å². The van der Waals surface area contributed by atoms with Gasteiger partial charge in [-0.05, 0) is 61.5 Å². The normalized spacial score (nSPS) is 38.4. The minimum atomic E-state index is -1.27. The third kappa shape index (κ3) is 4.04. The Morgan fingerprint density at radius 3 is 2.46 bits per heavy atom. The predicted molar refractivity (Wildman–Crippen MR) is 110 cm³/mol. The first-order valence-electron chi connectivity index (χ1n) is 10.5. The molecule has 0 unspecified atom stereocenters. The third-order valence-corrected chi connectivity index (χ3v) is 7.16. The van der Waals surface area contributed by atoms with E-state index in [2.05, 4.69) is 20.8 Å². The molecule has 0 bridgehead atoms. The molecule has 0 spiro atoms. The summed E-state index contributed by atoms with van der Waals surface area (Å²) in [6, 6.07) is 9.64. The first kappa shape index (κ1) is 21.1. The number of hydrogen-bond acceptors (Lipinski definition) is 4. The molecular formula is C24H34O4. The van der Waals surface area contributed by atoms with Crippen LogP contribution in [0.3, 0.4) is 0 Å². The number of aliphatic hydroxyl groups is 2. The minimum Gasteiger partial charge on any atom is -0.458 e. The van der Waals surface area contributed by atoms with Crippen LogP contribution in [-0.4, -0.2) is 34.0 Å². The van der Waals surface area contributed by atoms with Crippen molar-refractivity contribution in [2.24, 2.45) is 23.2 Å². The van der Waals surface area contributed by atoms with E-state index in [1.54, 1.807) is 13.0 Å². The van der Waals surface area contributed by atoms with E-state index in [9.17, 15) is 15.0 Å². The van der Waals surface area contributed by atoms with Crippen molar-refractivity contribution in [2.45, 2.75) is 71.2 Å². The topological polar surface area (TPSA) is 66.8 Å². The predicted octanol–water partition coefficient (Wildman–Crippen LogP) is 4.21. The molecule has 2 saturated carbocycles. The number of esters is 1. The summed E-state index contributed by atoms with van der Waals surface area (Å²) in [6.45, 7) is 8.17. The standard InChI is InChI=1S/C24H34O4/c1-16(2)18-12-14-23(3)15-13-19(25)24(4,27)22(23)21(18)28-20(26)11-10-17-8-6-5-7-9-17/h5-11,16,18-19,21-22,25,27H,12-15H2,1-4H3/t18-,19+,21+,22+,23-,24-/m0/s1. The molecule has 2 aliphatic carbocycles. The molecule has 3 rings (SSSR count). The van der Waals surface area contributed by atoms with E-state index in [0.29, 0.717) is 12.3 Å². The van der Waals surface area contributed by atoms with E-state index in [4.69, 9.17) is 4.74 Å². The van der Waals surface area contributed by atoms with Gasteiger partial charge in [-0.25, -0.2) is 4.79 Å². The van der Waals surface area contributed by atoms with Gasteiger partial charge in [0, 0.05) is 12.0 Å². The summed E-state index contributed by atoms with van der Waals surface area (Å²) in [7, 11) is 0. The Morgan fingerprint density at radius 1 is 1.18 bits per heavy atom. The molecule has 2 N–H and O–H groups in total. The maximum atomic E-state index is 12.7. The molecule has 0 aliphatic heterocycles. The zero-order valence-corrected chi connectivity index (χ0v) is 17.5. The lowest BCUT2D eigenvalue weighted by Gasteiger charge is -2.59. The molecule has 0 amide bonds. The second-order valence-corrected chi connectivity index (χ2v) is 9.50. The SMILES string of the molecule is CC(C)[C@@H]1CC[C@@]2(C)CC[C@@H](O)[C@](C)(O)[C@@H]2[C@@H]1OC(=O)C=Cc1ccccc1. The third-order valence-electron chi connectivity index (χ3n) is 7.16. The van der Waals surface area contributed by atoms with Crippen molar-refractivity contribution < 1.29 is 19.7 Å². The number of carbonyl (C=O) groups excluding carboxylic acids is 1. The molecule has 0 radical (unpaired) electrons. The van der Waals surface area contributed by atoms with E-state index in [1.165, 1.54) is 6.08 Å². The van der Waals surface area contributed by atoms with Crippen LogP contribution in [0.5, 0.6) is 0 Å². The molecule has 2 aliphatic rings. The number of benzene rings is 1. The quantitative estimate of drug-likeness (QED) is 0.601. The van der Waals surface area contributed by atoms with Crippen LogP contribution in [0.25, 0.3) is 6.08 Å². The molecule has 0 aromatic heterocycles. The van der Waals surface area contributed by atoms with Crippen LogP contribution in [0.4, 0.5) is 0 Å². The largest absolute Gasteiger partial charge is 0.458 e. The molecule has 1 aromatic carbocycles. The van der Waals surface area contributed by atoms with Crippen LogP contribution in [0.15, 0.2) is 36.4 Å². The fourth-order valence-corrected chi connectivity index (χ4v) is 5.51. The van der Waals surface area contributed by atoms with Gasteiger partial charge < -0.3 is 14.9 Å². The summed E-state index contributed by atoms with van der Waals surface area (Å²) in [5, 5.41) is 21.7. The van der Waals surface area contributed by atoms with Gasteiger partial charge in [-0.1, -0.05) is 51.1 Å². The Balaban J connectivity index is 1.87. The van der Waals surface area contributed by atoms with Crippen LogP contribution in [0.2, 0.25) is 0 Å². The lowest BCUT2D eigenvalue weighted by Crippen LogP contribution is -2.64. The molecular weight excluding hydrogens is 352 g/mol. The monoisotopic (exact) mass is 386 g/mol. The summed E-state index contributed by atoms with van der Waals surface area (Å²) in [5.41, 5.74) is -0.468. The first-order chi connectivity index (χ1) is 13.1. The van der Waals surface area contributed by atoms with E-state index in [-0.39, 0.29) is 23.2 Å². The number of fused-ring (bicyclic) bond motifs is 1. The van der Waals surface area contributed by atoms with Gasteiger partial charge in [-0.2, -0.15) is 0 Å². The lowest BCUT2D eigenvalue weighted by atomic mass is 9.50. The molecule has 2 fully saturated rings. The highest BCUT2D eigenvalue weighted by Crippen LogP contribution is 2.57. The van der Waals surface area contributed by atoms with Crippen molar-refractivity contribution in [1.29, 1.82) is 0 Å². The zero-order valence-electron chi connectivity index (χ0n) is 17.5. The van der Waals surface area contributed by atoms with Gasteiger partial charge in [0.1, 0.15) is 6.10 Å². The Bertz CT molecular complexity index is 704. The van der Waals surface area contributed by atoms with Gasteiger partial charge >= 0.3 is 5.97 Å². The maximum Gasteiger partial charge on any atom is 0.331 e. The van der Waals surface area contributed by atoms with Gasteiger partial charge in [0.2, 0.25) is 0 Å². The summed E-state index contributed by atoms with van der Waals surface area (Å²) >= 11 is 0. The molecule has 4 heteroatoms. The van der Waals surface area contributed by atoms with Crippen molar-refractivity contribution in [2.75, 3.05) is 0 Å². The fraction of sp³-hybridized carbons (Fsp3) is 0.625. The molecule has 4 nitrogen and oxygen atoms in total. The molecule has 154 valence electrons. The average molecular weight is 387 g/mol. The van der Waals surface area contributed by atoms with Gasteiger partial charge in [0.05, 0.1) is 11.7 Å². The molecule has 1 aromatic rings. The molecule has 6 atom stereocenters. The molecule has 0 heterocycles. The highest BCUT2D eigenvalue weighted by molar-refractivity contribution is 5.87. The van der Waals surface area contributed by atoms with E-state index < -0.39 is 17.8 Å². The highest BCUT2D eigenvalue weighted by atomic mass is 16.5. The van der Waals surface area contributed by atoms with Crippen LogP contribution in [0, 0.1) is 23.2 Å². The average Bonchev–Trinajstić information content (AvgIpc) is 2.64. The van der Waals surface area contributed by atoms with Crippen LogP contribution < -0.4 is 0 Å². The zero-order chi connectivity index (χ0) is 20.5. The first-order valence-corrected chi connectivity index (χ1v) is 10.5. The summed E-state index contributed by atoms with van der Waals surface area (Å²) in [5.74, 6) is -0.169. The minimum absolute atomic E-state index is 0.137. The summed E-state index contributed by atoms with van der Waals surface area (Å²) in [4.78, 5) is 12.7. The number of hydrogen-bond donors (Lipinski definition) is 2. The number of rotatable bonds is 4. The molecule has 28 heavy (non-hydrogen) atoms. The summed E-state index contributed by atoms with van der Waals surface area (Å²) in [6.07, 6.45) is 5.40. The van der Waals surface area contributed by atoms with Crippen molar-refractivity contribution in [3.8, 4) is 0 Å². The van der Waals surface area contributed by atoms with Crippen molar-refractivity contribution in [1.82, 2.24) is 0 Å². The Morgan fingerprint density at radius 2 is 1.82 bits per heavy atom. The van der Waals surface area contributed by atoms with E-state index in [1.807, 2.05) is 30.3 Å². The van der Waals surface area contributed by atoms with Gasteiger partial charge in [-0.3, -0.25) is 0 Å². The highest BCUT2D eigenvalue weighted by Gasteiger charge is 2.60. The smallest absolute Gasteiger partial charge is 0.331 e. The summed E-state index contributed by atoms with van der Waals surface area (Å²) < 4.78 is 6.01. The molecule has 0 saturated heterocycles. The van der Waals surface area contributed by atoms with Crippen LogP contribution in [0.1, 0.15) is 58.9 Å². The van der Waals surface area contributed by atoms with Gasteiger partial charge in [0.25, 0.3) is 0 Å². The maximum absolute atomic E-state index is 12.7.